The molecule has 2 aromatic heterocycles. The Hall–Kier alpha value is -4.34. The Bertz CT molecular complexity index is 1920. The molecule has 0 N–H and O–H groups in total. The molecule has 6 aromatic rings. The highest BCUT2D eigenvalue weighted by molar-refractivity contribution is 7.26. The van der Waals surface area contributed by atoms with Crippen LogP contribution in [-0.2, 0) is 0 Å². The van der Waals surface area contributed by atoms with Crippen LogP contribution < -0.4 is 0 Å². The lowest BCUT2D eigenvalue weighted by Crippen LogP contribution is -1.99. The van der Waals surface area contributed by atoms with E-state index in [9.17, 15) is 0 Å². The van der Waals surface area contributed by atoms with Crippen LogP contribution >= 0.6 is 11.3 Å². The van der Waals surface area contributed by atoms with E-state index >= 15 is 0 Å². The highest BCUT2D eigenvalue weighted by Gasteiger charge is 2.16. The lowest BCUT2D eigenvalue weighted by molar-refractivity contribution is 1.27. The van der Waals surface area contributed by atoms with Gasteiger partial charge in [-0.05, 0) is 55.2 Å². The molecule has 0 radical (unpaired) electrons. The van der Waals surface area contributed by atoms with Crippen molar-refractivity contribution in [2.24, 2.45) is 0 Å². The van der Waals surface area contributed by atoms with E-state index in [4.69, 9.17) is 9.97 Å². The predicted octanol–water partition coefficient (Wildman–Crippen LogP) is 10.3. The summed E-state index contributed by atoms with van der Waals surface area (Å²) < 4.78 is 2.63. The molecule has 0 aliphatic heterocycles. The van der Waals surface area contributed by atoms with Crippen molar-refractivity contribution in [3.63, 3.8) is 0 Å². The fourth-order valence-electron chi connectivity index (χ4n) is 5.35. The molecule has 6 rings (SSSR count). The average Bonchev–Trinajstić information content (AvgIpc) is 3.34. The van der Waals surface area contributed by atoms with Gasteiger partial charge in [-0.15, -0.1) is 11.3 Å². The first kappa shape index (κ1) is 24.0. The third kappa shape index (κ3) is 3.87. The van der Waals surface area contributed by atoms with Crippen LogP contribution in [0.5, 0.6) is 0 Å². The summed E-state index contributed by atoms with van der Waals surface area (Å²) in [5, 5.41) is 2.62. The quantitative estimate of drug-likeness (QED) is 0.231. The van der Waals surface area contributed by atoms with E-state index in [0.29, 0.717) is 0 Å². The molecule has 3 heteroatoms. The Morgan fingerprint density at radius 3 is 2.32 bits per heavy atom. The van der Waals surface area contributed by atoms with Gasteiger partial charge in [0, 0.05) is 36.9 Å². The summed E-state index contributed by atoms with van der Waals surface area (Å²) >= 11 is 1.86. The monoisotopic (exact) mass is 508 g/mol. The number of fused-ring (bicyclic) bond motifs is 4. The minimum atomic E-state index is 0.866. The van der Waals surface area contributed by atoms with Crippen molar-refractivity contribution in [2.75, 3.05) is 0 Å². The Morgan fingerprint density at radius 1 is 0.763 bits per heavy atom. The van der Waals surface area contributed by atoms with Gasteiger partial charge < -0.3 is 0 Å². The van der Waals surface area contributed by atoms with Crippen molar-refractivity contribution in [1.29, 1.82) is 0 Å². The normalized spacial score (nSPS) is 12.0. The van der Waals surface area contributed by atoms with E-state index in [0.717, 1.165) is 44.5 Å². The zero-order valence-electron chi connectivity index (χ0n) is 21.8. The van der Waals surface area contributed by atoms with Crippen LogP contribution in [-0.4, -0.2) is 9.97 Å². The molecule has 0 unspecified atom stereocenters. The Balaban J connectivity index is 1.55. The molecule has 0 bridgehead atoms. The first-order valence-corrected chi connectivity index (χ1v) is 13.7. The standard InChI is InChI=1S/C35H28N2S/c1-5-12-26-22(4)25(7-3)29(13-6-2)33-34(26)37-31(21-36-33)24-15-10-14-23(20-24)27-17-11-18-30-28-16-8-9-19-32(28)38-35(27)30/h5-21H,3H2,1-2,4H3/b12-5-,13-6-. The number of hydrogen-bond donors (Lipinski definition) is 0. The van der Waals surface area contributed by atoms with Gasteiger partial charge in [0.1, 0.15) is 0 Å². The van der Waals surface area contributed by atoms with Gasteiger partial charge in [-0.25, -0.2) is 4.98 Å². The molecule has 0 saturated carbocycles. The Morgan fingerprint density at radius 2 is 1.50 bits per heavy atom. The number of benzene rings is 4. The first-order valence-electron chi connectivity index (χ1n) is 12.9. The van der Waals surface area contributed by atoms with E-state index < -0.39 is 0 Å². The van der Waals surface area contributed by atoms with Crippen LogP contribution in [0.1, 0.15) is 36.1 Å². The zero-order valence-corrected chi connectivity index (χ0v) is 22.6. The molecule has 4 aromatic carbocycles. The molecule has 0 amide bonds. The zero-order chi connectivity index (χ0) is 26.2. The summed E-state index contributed by atoms with van der Waals surface area (Å²) in [7, 11) is 0. The predicted molar refractivity (Wildman–Crippen MR) is 168 cm³/mol. The van der Waals surface area contributed by atoms with Crippen LogP contribution in [0.25, 0.3) is 71.8 Å². The van der Waals surface area contributed by atoms with Gasteiger partial charge in [0.15, 0.2) is 0 Å². The first-order chi connectivity index (χ1) is 18.6. The SMILES string of the molecule is C=Cc1c(C)c(/C=C\C)c2nc(-c3cccc(-c4cccc5c4sc4ccccc45)c3)cnc2c1/C=C\C. The molecule has 0 aliphatic rings. The van der Waals surface area contributed by atoms with Crippen LogP contribution in [0, 0.1) is 6.92 Å². The van der Waals surface area contributed by atoms with E-state index in [1.165, 1.54) is 31.3 Å². The fraction of sp³-hybridized carbons (Fsp3) is 0.0857. The van der Waals surface area contributed by atoms with E-state index in [-0.39, 0.29) is 0 Å². The molecule has 0 spiro atoms. The Labute approximate surface area is 227 Å². The van der Waals surface area contributed by atoms with Crippen molar-refractivity contribution in [2.45, 2.75) is 20.8 Å². The maximum Gasteiger partial charge on any atom is 0.0975 e. The molecule has 0 fully saturated rings. The van der Waals surface area contributed by atoms with E-state index in [1.807, 2.05) is 43.5 Å². The van der Waals surface area contributed by atoms with Crippen LogP contribution in [0.15, 0.2) is 91.7 Å². The number of hydrogen-bond acceptors (Lipinski definition) is 3. The largest absolute Gasteiger partial charge is 0.252 e. The molecule has 0 saturated heterocycles. The highest BCUT2D eigenvalue weighted by atomic mass is 32.1. The average molecular weight is 509 g/mol. The molecule has 184 valence electrons. The smallest absolute Gasteiger partial charge is 0.0975 e. The molecule has 0 aliphatic carbocycles. The van der Waals surface area contributed by atoms with Gasteiger partial charge in [-0.3, -0.25) is 4.98 Å². The third-order valence-electron chi connectivity index (χ3n) is 7.13. The van der Waals surface area contributed by atoms with Gasteiger partial charge in [0.25, 0.3) is 0 Å². The summed E-state index contributed by atoms with van der Waals surface area (Å²) in [6.07, 6.45) is 12.2. The van der Waals surface area contributed by atoms with Crippen molar-refractivity contribution < 1.29 is 0 Å². The maximum atomic E-state index is 5.20. The third-order valence-corrected chi connectivity index (χ3v) is 8.35. The van der Waals surface area contributed by atoms with Gasteiger partial charge in [0.05, 0.1) is 22.9 Å². The topological polar surface area (TPSA) is 25.8 Å². The molecular formula is C35H28N2S. The lowest BCUT2D eigenvalue weighted by Gasteiger charge is -2.15. The van der Waals surface area contributed by atoms with Crippen LogP contribution in [0.3, 0.4) is 0 Å². The van der Waals surface area contributed by atoms with Crippen molar-refractivity contribution >= 4 is 60.8 Å². The minimum absolute atomic E-state index is 0.866. The molecule has 2 heterocycles. The molecule has 0 atom stereocenters. The summed E-state index contributed by atoms with van der Waals surface area (Å²) in [4.78, 5) is 10.2. The lowest BCUT2D eigenvalue weighted by atomic mass is 9.93. The van der Waals surface area contributed by atoms with Crippen LogP contribution in [0.4, 0.5) is 0 Å². The fourth-order valence-corrected chi connectivity index (χ4v) is 6.59. The summed E-state index contributed by atoms with van der Waals surface area (Å²) in [6, 6.07) is 23.9. The van der Waals surface area contributed by atoms with Crippen LogP contribution in [0.2, 0.25) is 0 Å². The van der Waals surface area contributed by atoms with Crippen molar-refractivity contribution in [3.05, 3.63) is 114 Å². The van der Waals surface area contributed by atoms with Gasteiger partial charge >= 0.3 is 0 Å². The number of nitrogens with zero attached hydrogens (tertiary/aromatic N) is 2. The molecular weight excluding hydrogens is 480 g/mol. The van der Waals surface area contributed by atoms with Gasteiger partial charge in [0.2, 0.25) is 0 Å². The summed E-state index contributed by atoms with van der Waals surface area (Å²) in [5.41, 5.74) is 10.6. The second-order valence-corrected chi connectivity index (χ2v) is 10.4. The van der Waals surface area contributed by atoms with E-state index in [2.05, 4.69) is 98.5 Å². The van der Waals surface area contributed by atoms with Gasteiger partial charge in [-0.2, -0.15) is 0 Å². The second kappa shape index (κ2) is 9.85. The van der Waals surface area contributed by atoms with E-state index in [1.54, 1.807) is 0 Å². The number of allylic oxidation sites excluding steroid dienone is 2. The number of aromatic nitrogens is 2. The Kier molecular flexibility index (Phi) is 6.22. The van der Waals surface area contributed by atoms with Gasteiger partial charge in [-0.1, -0.05) is 91.6 Å². The molecule has 38 heavy (non-hydrogen) atoms. The van der Waals surface area contributed by atoms with Crippen molar-refractivity contribution in [1.82, 2.24) is 9.97 Å². The summed E-state index contributed by atoms with van der Waals surface area (Å²) in [6.45, 7) is 10.3. The minimum Gasteiger partial charge on any atom is -0.252 e. The number of thiophene rings is 1. The second-order valence-electron chi connectivity index (χ2n) is 9.38. The van der Waals surface area contributed by atoms with Crippen molar-refractivity contribution in [3.8, 4) is 22.4 Å². The molecule has 2 nitrogen and oxygen atoms in total. The maximum absolute atomic E-state index is 5.20. The number of rotatable bonds is 5. The highest BCUT2D eigenvalue weighted by Crippen LogP contribution is 2.40. The summed E-state index contributed by atoms with van der Waals surface area (Å²) in [5.74, 6) is 0.